The van der Waals surface area contributed by atoms with Crippen LogP contribution in [-0.2, 0) is 0 Å². The van der Waals surface area contributed by atoms with Gasteiger partial charge in [-0.3, -0.25) is 0 Å². The van der Waals surface area contributed by atoms with Crippen LogP contribution in [0.4, 0.5) is 5.69 Å². The maximum absolute atomic E-state index is 4.81. The maximum atomic E-state index is 4.81. The molecule has 6 heteroatoms. The molecular weight excluding hydrogens is 516 g/mol. The van der Waals surface area contributed by atoms with Crippen LogP contribution in [-0.4, -0.2) is 33.2 Å². The number of rotatable bonds is 1. The van der Waals surface area contributed by atoms with Gasteiger partial charge in [0.2, 0.25) is 5.36 Å². The number of hydrogen-bond acceptors (Lipinski definition) is 3. The molecular formula is C16H17I2N3S. The first-order valence-corrected chi connectivity index (χ1v) is 8.57. The molecule has 1 aliphatic carbocycles. The van der Waals surface area contributed by atoms with Crippen molar-refractivity contribution in [1.82, 2.24) is 9.56 Å². The molecule has 3 rings (SSSR count). The van der Waals surface area contributed by atoms with Gasteiger partial charge in [0, 0.05) is 25.8 Å². The molecule has 0 atom stereocenters. The van der Waals surface area contributed by atoms with E-state index in [4.69, 9.17) is 4.98 Å². The summed E-state index contributed by atoms with van der Waals surface area (Å²) < 4.78 is 4.64. The molecule has 0 saturated carbocycles. The van der Waals surface area contributed by atoms with Gasteiger partial charge in [0.1, 0.15) is 17.7 Å². The molecule has 1 heterocycles. The van der Waals surface area contributed by atoms with Crippen LogP contribution in [0.25, 0.3) is 20.8 Å². The van der Waals surface area contributed by atoms with E-state index in [9.17, 15) is 0 Å². The third kappa shape index (κ3) is 3.23. The lowest BCUT2D eigenvalue weighted by molar-refractivity contribution is -0.00000416. The molecule has 0 N–H and O–H groups in total. The first kappa shape index (κ1) is 17.9. The number of fused-ring (bicyclic) bond motifs is 2. The third-order valence-corrected chi connectivity index (χ3v) is 6.07. The Kier molecular flexibility index (Phi) is 5.65. The average Bonchev–Trinajstić information content (AvgIpc) is 2.45. The lowest BCUT2D eigenvalue weighted by Crippen LogP contribution is -3.00. The second-order valence-electron chi connectivity index (χ2n) is 5.40. The Morgan fingerprint density at radius 2 is 1.86 bits per heavy atom. The second-order valence-corrected chi connectivity index (χ2v) is 7.53. The molecule has 1 aromatic carbocycles. The molecule has 1 aromatic rings. The Morgan fingerprint density at radius 3 is 2.50 bits per heavy atom. The summed E-state index contributed by atoms with van der Waals surface area (Å²) >= 11 is 4.24. The molecule has 0 unspecified atom stereocenters. The quantitative estimate of drug-likeness (QED) is 0.252. The highest BCUT2D eigenvalue weighted by atomic mass is 125. The average molecular weight is 533 g/mol. The van der Waals surface area contributed by atoms with E-state index in [1.165, 1.54) is 24.2 Å². The summed E-state index contributed by atoms with van der Waals surface area (Å²) in [7, 11) is 8.28. The van der Waals surface area contributed by atoms with Crippen molar-refractivity contribution in [3.8, 4) is 10.6 Å². The Hall–Kier alpha value is -0.480. The number of halogens is 2. The van der Waals surface area contributed by atoms with E-state index in [0.717, 1.165) is 11.2 Å². The summed E-state index contributed by atoms with van der Waals surface area (Å²) in [6.45, 7) is 0. The number of anilines is 1. The van der Waals surface area contributed by atoms with Gasteiger partial charge in [-0.1, -0.05) is 0 Å². The van der Waals surface area contributed by atoms with Crippen molar-refractivity contribution in [2.45, 2.75) is 0 Å². The molecule has 0 bridgehead atoms. The Labute approximate surface area is 165 Å². The van der Waals surface area contributed by atoms with Gasteiger partial charge in [0.25, 0.3) is 0 Å². The van der Waals surface area contributed by atoms with Crippen molar-refractivity contribution in [3.63, 3.8) is 0 Å². The summed E-state index contributed by atoms with van der Waals surface area (Å²) in [6, 6.07) is 10.7. The van der Waals surface area contributed by atoms with Crippen LogP contribution >= 0.6 is 33.9 Å². The fourth-order valence-electron chi connectivity index (χ4n) is 2.26. The molecule has 0 amide bonds. The van der Waals surface area contributed by atoms with Crippen LogP contribution in [0.15, 0.2) is 30.3 Å². The standard InChI is InChI=1S/C16H17IN3S.HI/c1-19(2)10-5-6-11-14(9-10)21-16-12(18-11)7-8-13(15(16)17)20(3)4;/h5-9H,1-4H3;1H/q+1;/p-1/i17-2;1-2. The zero-order chi connectivity index (χ0) is 15.1. The topological polar surface area (TPSA) is 19.1 Å². The van der Waals surface area contributed by atoms with Crippen molar-refractivity contribution in [3.05, 3.63) is 39.3 Å². The minimum Gasteiger partial charge on any atom is -1.00 e. The van der Waals surface area contributed by atoms with Crippen molar-refractivity contribution < 1.29 is 24.0 Å². The first-order chi connectivity index (χ1) is 9.97. The highest BCUT2D eigenvalue weighted by molar-refractivity contribution is 14.1. The Bertz CT molecular complexity index is 867. The molecule has 0 aromatic heterocycles. The van der Waals surface area contributed by atoms with Crippen molar-refractivity contribution >= 4 is 49.8 Å². The number of aromatic nitrogens is 1. The smallest absolute Gasteiger partial charge is 0.214 e. The minimum absolute atomic E-state index is 0. The lowest BCUT2D eigenvalue weighted by atomic mass is 10.2. The van der Waals surface area contributed by atoms with Crippen LogP contribution in [0.1, 0.15) is 0 Å². The van der Waals surface area contributed by atoms with Crippen LogP contribution in [0.5, 0.6) is 0 Å². The molecule has 22 heavy (non-hydrogen) atoms. The van der Waals surface area contributed by atoms with E-state index in [0.29, 0.717) is 0 Å². The van der Waals surface area contributed by atoms with Crippen molar-refractivity contribution in [2.24, 2.45) is 0 Å². The number of hydrogen-bond donors (Lipinski definition) is 0. The number of nitrogens with zero attached hydrogens (tertiary/aromatic N) is 3. The van der Waals surface area contributed by atoms with Gasteiger partial charge in [0.15, 0.2) is 0 Å². The lowest BCUT2D eigenvalue weighted by Gasteiger charge is -2.14. The fourth-order valence-corrected chi connectivity index (χ4v) is 4.56. The largest absolute Gasteiger partial charge is 1.00 e. The molecule has 2 aliphatic rings. The maximum Gasteiger partial charge on any atom is 0.214 e. The number of benzene rings is 2. The normalized spacial score (nSPS) is 10.6. The molecule has 0 fully saturated rings. The van der Waals surface area contributed by atoms with E-state index in [1.807, 2.05) is 11.3 Å². The monoisotopic (exact) mass is 533 g/mol. The molecule has 116 valence electrons. The van der Waals surface area contributed by atoms with Gasteiger partial charge >= 0.3 is 0 Å². The third-order valence-electron chi connectivity index (χ3n) is 3.45. The fraction of sp³-hybridized carbons (Fsp3) is 0.250. The molecule has 0 radical (unpaired) electrons. The Morgan fingerprint density at radius 1 is 1.14 bits per heavy atom. The SMILES string of the molecule is CN(C)c1ccc2nc3ccc(=[N+](C)C)c([125I])c-3sc2c1.[125I-]. The molecule has 3 nitrogen and oxygen atoms in total. The van der Waals surface area contributed by atoms with E-state index >= 15 is 0 Å². The van der Waals surface area contributed by atoms with Crippen molar-refractivity contribution in [1.29, 1.82) is 0 Å². The van der Waals surface area contributed by atoms with E-state index in [-0.39, 0.29) is 24.0 Å². The van der Waals surface area contributed by atoms with Gasteiger partial charge in [-0.25, -0.2) is 9.56 Å². The van der Waals surface area contributed by atoms with E-state index < -0.39 is 0 Å². The van der Waals surface area contributed by atoms with E-state index in [2.05, 4.69) is 90.6 Å². The second kappa shape index (κ2) is 6.96. The predicted octanol–water partition coefficient (Wildman–Crippen LogP) is 0.107. The van der Waals surface area contributed by atoms with Gasteiger partial charge in [-0.05, 0) is 46.9 Å². The zero-order valence-corrected chi connectivity index (χ0v) is 18.0. The summed E-state index contributed by atoms with van der Waals surface area (Å²) in [4.78, 5) is 8.19. The summed E-state index contributed by atoms with van der Waals surface area (Å²) in [6.07, 6.45) is 0. The summed E-state index contributed by atoms with van der Waals surface area (Å²) in [5.74, 6) is 0. The molecule has 1 aliphatic heterocycles. The highest BCUT2D eigenvalue weighted by Crippen LogP contribution is 2.34. The minimum atomic E-state index is 0. The predicted molar refractivity (Wildman–Crippen MR) is 100 cm³/mol. The van der Waals surface area contributed by atoms with Gasteiger partial charge < -0.3 is 28.9 Å². The van der Waals surface area contributed by atoms with Crippen LogP contribution in [0.2, 0.25) is 0 Å². The molecule has 0 spiro atoms. The zero-order valence-electron chi connectivity index (χ0n) is 12.9. The molecule has 0 saturated heterocycles. The van der Waals surface area contributed by atoms with Crippen LogP contribution < -0.4 is 38.8 Å². The van der Waals surface area contributed by atoms with Crippen molar-refractivity contribution in [2.75, 3.05) is 33.1 Å². The van der Waals surface area contributed by atoms with E-state index in [1.54, 1.807) is 0 Å². The highest BCUT2D eigenvalue weighted by Gasteiger charge is 2.15. The van der Waals surface area contributed by atoms with Gasteiger partial charge in [-0.2, -0.15) is 0 Å². The van der Waals surface area contributed by atoms with Gasteiger partial charge in [-0.15, -0.1) is 11.3 Å². The summed E-state index contributed by atoms with van der Waals surface area (Å²) in [5.41, 5.74) is 3.34. The summed E-state index contributed by atoms with van der Waals surface area (Å²) in [5, 5.41) is 1.24. The van der Waals surface area contributed by atoms with Crippen LogP contribution in [0.3, 0.4) is 0 Å². The van der Waals surface area contributed by atoms with Gasteiger partial charge in [0.05, 0.1) is 20.8 Å². The van der Waals surface area contributed by atoms with Crippen LogP contribution in [0, 0.1) is 3.57 Å². The first-order valence-electron chi connectivity index (χ1n) is 6.68. The Balaban J connectivity index is 0.00000176.